The van der Waals surface area contributed by atoms with Crippen LogP contribution in [0.3, 0.4) is 0 Å². The van der Waals surface area contributed by atoms with Crippen LogP contribution in [0.5, 0.6) is 0 Å². The summed E-state index contributed by atoms with van der Waals surface area (Å²) in [5.41, 5.74) is -0.0624. The predicted octanol–water partition coefficient (Wildman–Crippen LogP) is 1.21. The number of allylic oxidation sites excluding steroid dienone is 2. The van der Waals surface area contributed by atoms with Crippen molar-refractivity contribution in [3.8, 4) is 0 Å². The van der Waals surface area contributed by atoms with Crippen LogP contribution in [0, 0.1) is 28.6 Å². The predicted molar refractivity (Wildman–Crippen MR) is 150 cm³/mol. The molecule has 0 bridgehead atoms. The summed E-state index contributed by atoms with van der Waals surface area (Å²) in [6.45, 7) is 3.05. The van der Waals surface area contributed by atoms with Crippen LogP contribution in [0.25, 0.3) is 0 Å². The number of aromatic amines is 1. The molecule has 0 radical (unpaired) electrons. The number of H-pyrrole nitrogens is 1. The normalized spacial score (nSPS) is 37.1. The number of carbonyl (C=O) groups is 3. The molecule has 5 N–H and O–H groups in total. The molecule has 230 valence electrons. The third kappa shape index (κ3) is 5.07. The Hall–Kier alpha value is -3.09. The zero-order valence-electron chi connectivity index (χ0n) is 24.5. The minimum Gasteiger partial charge on any atom is -0.467 e. The summed E-state index contributed by atoms with van der Waals surface area (Å²) in [4.78, 5) is 49.4. The Kier molecular flexibility index (Phi) is 8.34. The summed E-state index contributed by atoms with van der Waals surface area (Å²) < 4.78 is 4.80. The van der Waals surface area contributed by atoms with Gasteiger partial charge in [0, 0.05) is 23.7 Å². The number of ketones is 1. The van der Waals surface area contributed by atoms with Gasteiger partial charge in [0.2, 0.25) is 0 Å². The summed E-state index contributed by atoms with van der Waals surface area (Å²) in [7, 11) is 1.26. The summed E-state index contributed by atoms with van der Waals surface area (Å²) in [5, 5.41) is 39.3. The van der Waals surface area contributed by atoms with Crippen LogP contribution in [-0.2, 0) is 30.4 Å². The van der Waals surface area contributed by atoms with E-state index >= 15 is 0 Å². The van der Waals surface area contributed by atoms with Crippen molar-refractivity contribution in [3.63, 3.8) is 0 Å². The molecule has 1 aromatic heterocycles. The molecule has 3 saturated carbocycles. The molecule has 0 aromatic carbocycles. The van der Waals surface area contributed by atoms with Gasteiger partial charge in [-0.3, -0.25) is 9.59 Å². The van der Waals surface area contributed by atoms with E-state index < -0.39 is 47.4 Å². The molecule has 12 nitrogen and oxygen atoms in total. The van der Waals surface area contributed by atoms with Gasteiger partial charge in [-0.05, 0) is 74.2 Å². The van der Waals surface area contributed by atoms with Crippen molar-refractivity contribution in [2.24, 2.45) is 33.7 Å². The van der Waals surface area contributed by atoms with Gasteiger partial charge in [-0.1, -0.05) is 24.6 Å². The van der Waals surface area contributed by atoms with Gasteiger partial charge in [-0.15, -0.1) is 0 Å². The molecule has 12 heteroatoms. The highest BCUT2D eigenvalue weighted by Gasteiger charge is 2.68. The second-order valence-electron chi connectivity index (χ2n) is 12.9. The molecule has 42 heavy (non-hydrogen) atoms. The summed E-state index contributed by atoms with van der Waals surface area (Å²) >= 11 is 0. The molecule has 5 rings (SSSR count). The lowest BCUT2D eigenvalue weighted by molar-refractivity contribution is -0.181. The third-order valence-corrected chi connectivity index (χ3v) is 10.8. The molecule has 0 aliphatic heterocycles. The average molecular weight is 587 g/mol. The number of oxime groups is 1. The van der Waals surface area contributed by atoms with Crippen LogP contribution in [0.2, 0.25) is 0 Å². The summed E-state index contributed by atoms with van der Waals surface area (Å²) in [6.07, 6.45) is 8.90. The Morgan fingerprint density at radius 3 is 2.71 bits per heavy atom. The first-order valence-electron chi connectivity index (χ1n) is 14.8. The zero-order chi connectivity index (χ0) is 30.3. The van der Waals surface area contributed by atoms with Gasteiger partial charge >= 0.3 is 5.97 Å². The average Bonchev–Trinajstić information content (AvgIpc) is 3.57. The fourth-order valence-corrected chi connectivity index (χ4v) is 8.73. The topological polar surface area (TPSA) is 183 Å². The molecule has 4 aliphatic rings. The minimum absolute atomic E-state index is 0.0134. The number of amides is 1. The first-order chi connectivity index (χ1) is 20.0. The van der Waals surface area contributed by atoms with Gasteiger partial charge in [0.1, 0.15) is 18.2 Å². The number of ether oxygens (including phenoxy) is 1. The molecule has 0 saturated heterocycles. The van der Waals surface area contributed by atoms with Crippen LogP contribution < -0.4 is 5.32 Å². The van der Waals surface area contributed by atoms with Gasteiger partial charge in [-0.25, -0.2) is 9.78 Å². The molecule has 1 aromatic rings. The number of aliphatic hydroxyl groups excluding tert-OH is 2. The van der Waals surface area contributed by atoms with E-state index in [9.17, 15) is 29.7 Å². The Morgan fingerprint density at radius 1 is 1.24 bits per heavy atom. The number of hydrogen-bond acceptors (Lipinski definition) is 10. The molecule has 1 amide bonds. The van der Waals surface area contributed by atoms with Crippen molar-refractivity contribution in [3.05, 3.63) is 29.9 Å². The molecule has 0 unspecified atom stereocenters. The van der Waals surface area contributed by atoms with Gasteiger partial charge < -0.3 is 35.2 Å². The smallest absolute Gasteiger partial charge is 0.328 e. The number of imidazole rings is 1. The minimum atomic E-state index is -1.61. The fourth-order valence-electron chi connectivity index (χ4n) is 8.73. The Morgan fingerprint density at radius 2 is 2.02 bits per heavy atom. The molecular weight excluding hydrogens is 544 g/mol. The van der Waals surface area contributed by atoms with E-state index in [4.69, 9.17) is 9.57 Å². The number of carbonyl (C=O) groups excluding carboxylic acids is 3. The van der Waals surface area contributed by atoms with Crippen molar-refractivity contribution in [1.82, 2.24) is 15.3 Å². The molecule has 1 heterocycles. The SMILES string of the molecule is COC(=O)[C@@H](Cc1cnc[nH]1)NC(=O)CO/N=C1/C=C2CC[C@@H]3[C@H]([C@H](O)C[C@@]4(C)[C@H]3CC[C@]4(O)C(=O)CO)[C@@]2(C)CC1. The van der Waals surface area contributed by atoms with Crippen LogP contribution in [-0.4, -0.2) is 86.7 Å². The van der Waals surface area contributed by atoms with E-state index in [2.05, 4.69) is 27.4 Å². The van der Waals surface area contributed by atoms with Gasteiger partial charge in [-0.2, -0.15) is 0 Å². The highest BCUT2D eigenvalue weighted by molar-refractivity contribution is 5.96. The zero-order valence-corrected chi connectivity index (χ0v) is 24.5. The number of rotatable bonds is 9. The maximum atomic E-state index is 12.6. The molecule has 8 atom stereocenters. The largest absolute Gasteiger partial charge is 0.467 e. The Balaban J connectivity index is 1.24. The lowest BCUT2D eigenvalue weighted by atomic mass is 9.45. The lowest BCUT2D eigenvalue weighted by Crippen LogP contribution is -2.62. The highest BCUT2D eigenvalue weighted by atomic mass is 16.6. The van der Waals surface area contributed by atoms with Gasteiger partial charge in [0.05, 0.1) is 25.3 Å². The first kappa shape index (κ1) is 30.4. The number of nitrogens with one attached hydrogen (secondary N) is 2. The van der Waals surface area contributed by atoms with Crippen molar-refractivity contribution >= 4 is 23.4 Å². The van der Waals surface area contributed by atoms with Crippen LogP contribution in [0.1, 0.15) is 64.5 Å². The van der Waals surface area contributed by atoms with E-state index in [0.717, 1.165) is 25.0 Å². The number of aromatic nitrogens is 2. The van der Waals surface area contributed by atoms with E-state index in [-0.39, 0.29) is 36.2 Å². The lowest BCUT2D eigenvalue weighted by Gasteiger charge is -2.60. The maximum absolute atomic E-state index is 12.6. The van der Waals surface area contributed by atoms with Gasteiger partial charge in [0.25, 0.3) is 5.91 Å². The molecule has 0 spiro atoms. The monoisotopic (exact) mass is 586 g/mol. The van der Waals surface area contributed by atoms with Crippen LogP contribution in [0.4, 0.5) is 0 Å². The van der Waals surface area contributed by atoms with Crippen molar-refractivity contribution in [2.45, 2.75) is 83.0 Å². The standard InChI is InChI=1S/C30H42N4O8/c1-28-8-6-18(34-42-15-25(38)33-22(27(39)41-3)11-19-13-31-16-32-19)10-17(28)4-5-20-21-7-9-30(40,24(37)14-35)29(21,2)12-23(36)26(20)28/h10,13,16,20-23,26,35-36,40H,4-9,11-12,14-15H2,1-3H3,(H,31,32)(H,33,38)/b34-18+/t20-,21-,22+,23+,26+,28-,29-,30-/m0/s1. The van der Waals surface area contributed by atoms with E-state index in [0.29, 0.717) is 31.4 Å². The van der Waals surface area contributed by atoms with Crippen molar-refractivity contribution in [1.29, 1.82) is 0 Å². The van der Waals surface area contributed by atoms with Crippen LogP contribution >= 0.6 is 0 Å². The van der Waals surface area contributed by atoms with Crippen molar-refractivity contribution in [2.75, 3.05) is 20.3 Å². The highest BCUT2D eigenvalue weighted by Crippen LogP contribution is 2.67. The molecule has 4 aliphatic carbocycles. The number of methoxy groups -OCH3 is 1. The number of esters is 1. The summed E-state index contributed by atoms with van der Waals surface area (Å²) in [6, 6.07) is -0.895. The second-order valence-corrected chi connectivity index (χ2v) is 12.9. The second kappa shape index (κ2) is 11.5. The van der Waals surface area contributed by atoms with Crippen molar-refractivity contribution < 1.29 is 39.3 Å². The maximum Gasteiger partial charge on any atom is 0.328 e. The van der Waals surface area contributed by atoms with E-state index in [1.807, 2.05) is 13.0 Å². The Labute approximate surface area is 244 Å². The number of Topliss-reactive ketones (excluding diaryl/α,β-unsaturated/α-hetero) is 1. The third-order valence-electron chi connectivity index (χ3n) is 10.8. The first-order valence-corrected chi connectivity index (χ1v) is 14.8. The van der Waals surface area contributed by atoms with Crippen LogP contribution in [0.15, 0.2) is 29.3 Å². The number of fused-ring (bicyclic) bond motifs is 5. The Bertz CT molecular complexity index is 1260. The number of nitrogens with zero attached hydrogens (tertiary/aromatic N) is 2. The molecular formula is C30H42N4O8. The number of aliphatic hydroxyl groups is 3. The van der Waals surface area contributed by atoms with E-state index in [1.165, 1.54) is 19.0 Å². The quantitative estimate of drug-likeness (QED) is 0.210. The summed E-state index contributed by atoms with van der Waals surface area (Å²) in [5.74, 6) is -1.41. The van der Waals surface area contributed by atoms with E-state index in [1.54, 1.807) is 6.20 Å². The molecule has 3 fully saturated rings. The van der Waals surface area contributed by atoms with Gasteiger partial charge in [0.15, 0.2) is 12.4 Å². The number of hydrogen-bond donors (Lipinski definition) is 5. The fraction of sp³-hybridized carbons (Fsp3) is 0.700.